The van der Waals surface area contributed by atoms with E-state index >= 15 is 0 Å². The Morgan fingerprint density at radius 1 is 1.00 bits per heavy atom. The maximum atomic E-state index is 10.2. The van der Waals surface area contributed by atoms with E-state index in [0.29, 0.717) is 18.0 Å². The molecule has 0 aliphatic rings. The summed E-state index contributed by atoms with van der Waals surface area (Å²) in [6.45, 7) is 6.20. The van der Waals surface area contributed by atoms with Crippen molar-refractivity contribution in [1.29, 1.82) is 0 Å². The highest BCUT2D eigenvalue weighted by atomic mass is 16.6. The van der Waals surface area contributed by atoms with Crippen LogP contribution in [0.3, 0.4) is 0 Å². The second kappa shape index (κ2) is 7.96. The number of hydrogen-bond donors (Lipinski definition) is 2. The van der Waals surface area contributed by atoms with Crippen molar-refractivity contribution in [2.75, 3.05) is 5.73 Å². The Bertz CT molecular complexity index is 959. The van der Waals surface area contributed by atoms with Crippen LogP contribution in [0, 0.1) is 13.8 Å². The van der Waals surface area contributed by atoms with Crippen molar-refractivity contribution in [3.63, 3.8) is 0 Å². The third-order valence-electron chi connectivity index (χ3n) is 4.50. The van der Waals surface area contributed by atoms with Crippen LogP contribution < -0.4 is 5.73 Å². The van der Waals surface area contributed by atoms with Gasteiger partial charge in [0.2, 0.25) is 0 Å². The van der Waals surface area contributed by atoms with Gasteiger partial charge in [-0.3, -0.25) is 0 Å². The number of nitrogens with two attached hydrogens (primary N) is 1. The highest BCUT2D eigenvalue weighted by Gasteiger charge is 2.12. The molecule has 0 fully saturated rings. The van der Waals surface area contributed by atoms with Gasteiger partial charge >= 0.3 is 0 Å². The third-order valence-corrected chi connectivity index (χ3v) is 4.50. The summed E-state index contributed by atoms with van der Waals surface area (Å²) in [5.41, 5.74) is 13.1. The van der Waals surface area contributed by atoms with Gasteiger partial charge in [-0.1, -0.05) is 47.1 Å². The molecule has 0 bridgehead atoms. The van der Waals surface area contributed by atoms with Gasteiger partial charge in [0, 0.05) is 11.3 Å². The second-order valence-corrected chi connectivity index (χ2v) is 6.74. The minimum atomic E-state index is 0.234. The molecule has 0 amide bonds. The topological polar surface area (TPSA) is 67.8 Å². The number of aryl methyl sites for hydroxylation is 2. The smallest absolute Gasteiger partial charge is 0.142 e. The fraction of sp³-hybridized carbons (Fsp3) is 0.174. The average Bonchev–Trinajstić information content (AvgIpc) is 2.66. The SMILES string of the molecule is C/C(=N\OCc1ccc(C)cc1)c1cc(O)c(C)cc1-c1ccc(N)cc1. The number of aromatic hydroxyl groups is 1. The van der Waals surface area contributed by atoms with Crippen LogP contribution >= 0.6 is 0 Å². The first kappa shape index (κ1) is 18.5. The van der Waals surface area contributed by atoms with E-state index in [1.165, 1.54) is 5.56 Å². The molecule has 0 aliphatic heterocycles. The van der Waals surface area contributed by atoms with Gasteiger partial charge in [-0.15, -0.1) is 0 Å². The number of hydrogen-bond acceptors (Lipinski definition) is 4. The molecule has 4 heteroatoms. The molecule has 0 saturated heterocycles. The molecule has 0 atom stereocenters. The maximum Gasteiger partial charge on any atom is 0.142 e. The molecule has 3 aromatic carbocycles. The Morgan fingerprint density at radius 2 is 1.67 bits per heavy atom. The summed E-state index contributed by atoms with van der Waals surface area (Å²) in [7, 11) is 0. The first-order valence-electron chi connectivity index (χ1n) is 8.86. The van der Waals surface area contributed by atoms with Crippen LogP contribution in [0.1, 0.15) is 29.2 Å². The van der Waals surface area contributed by atoms with Gasteiger partial charge in [0.25, 0.3) is 0 Å². The van der Waals surface area contributed by atoms with Gasteiger partial charge in [0.1, 0.15) is 12.4 Å². The van der Waals surface area contributed by atoms with E-state index in [4.69, 9.17) is 10.6 Å². The molecule has 3 N–H and O–H groups in total. The molecule has 0 aliphatic carbocycles. The Labute approximate surface area is 159 Å². The van der Waals surface area contributed by atoms with Crippen molar-refractivity contribution < 1.29 is 9.94 Å². The molecule has 0 saturated carbocycles. The third kappa shape index (κ3) is 4.47. The predicted molar refractivity (Wildman–Crippen MR) is 111 cm³/mol. The summed E-state index contributed by atoms with van der Waals surface area (Å²) >= 11 is 0. The molecule has 3 rings (SSSR count). The standard InChI is InChI=1S/C23H24N2O2/c1-15-4-6-18(7-5-15)14-27-25-17(3)21-13-23(26)16(2)12-22(21)19-8-10-20(24)11-9-19/h4-13,26H,14,24H2,1-3H3/b25-17+. The van der Waals surface area contributed by atoms with E-state index in [0.717, 1.165) is 27.8 Å². The number of nitrogens with zero attached hydrogens (tertiary/aromatic N) is 1. The molecule has 4 nitrogen and oxygen atoms in total. The van der Waals surface area contributed by atoms with E-state index in [1.54, 1.807) is 6.07 Å². The van der Waals surface area contributed by atoms with E-state index in [9.17, 15) is 5.11 Å². The van der Waals surface area contributed by atoms with Crippen molar-refractivity contribution in [1.82, 2.24) is 0 Å². The monoisotopic (exact) mass is 360 g/mol. The molecule has 138 valence electrons. The zero-order valence-corrected chi connectivity index (χ0v) is 15.9. The summed E-state index contributed by atoms with van der Waals surface area (Å²) in [5, 5.41) is 14.4. The number of benzene rings is 3. The minimum absolute atomic E-state index is 0.234. The van der Waals surface area contributed by atoms with Gasteiger partial charge in [0.15, 0.2) is 0 Å². The van der Waals surface area contributed by atoms with Crippen molar-refractivity contribution in [2.45, 2.75) is 27.4 Å². The normalized spacial score (nSPS) is 11.4. The zero-order chi connectivity index (χ0) is 19.4. The number of anilines is 1. The molecule has 0 heterocycles. The van der Waals surface area contributed by atoms with E-state index in [1.807, 2.05) is 68.4 Å². The van der Waals surface area contributed by atoms with E-state index < -0.39 is 0 Å². The number of nitrogen functional groups attached to an aromatic ring is 1. The lowest BCUT2D eigenvalue weighted by Gasteiger charge is -2.13. The summed E-state index contributed by atoms with van der Waals surface area (Å²) < 4.78 is 0. The van der Waals surface area contributed by atoms with Crippen LogP contribution in [0.2, 0.25) is 0 Å². The van der Waals surface area contributed by atoms with E-state index in [-0.39, 0.29) is 5.75 Å². The molecular formula is C23H24N2O2. The highest BCUT2D eigenvalue weighted by Crippen LogP contribution is 2.31. The minimum Gasteiger partial charge on any atom is -0.508 e. The summed E-state index contributed by atoms with van der Waals surface area (Å²) in [4.78, 5) is 5.54. The summed E-state index contributed by atoms with van der Waals surface area (Å²) in [6.07, 6.45) is 0. The van der Waals surface area contributed by atoms with Crippen molar-refractivity contribution in [2.24, 2.45) is 5.16 Å². The van der Waals surface area contributed by atoms with Crippen molar-refractivity contribution in [3.8, 4) is 16.9 Å². The lowest BCUT2D eigenvalue weighted by Crippen LogP contribution is -2.01. The van der Waals surface area contributed by atoms with Crippen LogP contribution in [0.25, 0.3) is 11.1 Å². The molecule has 0 radical (unpaired) electrons. The number of oxime groups is 1. The molecule has 0 spiro atoms. The first-order chi connectivity index (χ1) is 12.9. The molecule has 3 aromatic rings. The quantitative estimate of drug-likeness (QED) is 0.373. The predicted octanol–water partition coefficient (Wildman–Crippen LogP) is 5.20. The number of rotatable bonds is 5. The van der Waals surface area contributed by atoms with Gasteiger partial charge < -0.3 is 15.7 Å². The first-order valence-corrected chi connectivity index (χ1v) is 8.86. The van der Waals surface area contributed by atoms with E-state index in [2.05, 4.69) is 12.1 Å². The molecule has 27 heavy (non-hydrogen) atoms. The summed E-state index contributed by atoms with van der Waals surface area (Å²) in [6, 6.07) is 19.5. The molecule has 0 aromatic heterocycles. The second-order valence-electron chi connectivity index (χ2n) is 6.74. The van der Waals surface area contributed by atoms with Crippen molar-refractivity contribution >= 4 is 11.4 Å². The zero-order valence-electron chi connectivity index (χ0n) is 15.9. The van der Waals surface area contributed by atoms with Crippen LogP contribution in [-0.4, -0.2) is 10.8 Å². The lowest BCUT2D eigenvalue weighted by atomic mass is 9.94. The lowest BCUT2D eigenvalue weighted by molar-refractivity contribution is 0.130. The highest BCUT2D eigenvalue weighted by molar-refractivity contribution is 6.04. The van der Waals surface area contributed by atoms with Crippen molar-refractivity contribution in [3.05, 3.63) is 82.9 Å². The van der Waals surface area contributed by atoms with Crippen LogP contribution in [-0.2, 0) is 11.4 Å². The molecular weight excluding hydrogens is 336 g/mol. The van der Waals surface area contributed by atoms with Crippen LogP contribution in [0.15, 0.2) is 65.8 Å². The Kier molecular flexibility index (Phi) is 5.46. The Morgan fingerprint density at radius 3 is 2.33 bits per heavy atom. The Hall–Kier alpha value is -3.27. The van der Waals surface area contributed by atoms with Gasteiger partial charge in [-0.2, -0.15) is 0 Å². The Balaban J connectivity index is 1.88. The maximum absolute atomic E-state index is 10.2. The fourth-order valence-electron chi connectivity index (χ4n) is 2.83. The van der Waals surface area contributed by atoms with Gasteiger partial charge in [-0.25, -0.2) is 0 Å². The molecule has 0 unspecified atom stereocenters. The van der Waals surface area contributed by atoms with Gasteiger partial charge in [-0.05, 0) is 67.3 Å². The average molecular weight is 360 g/mol. The van der Waals surface area contributed by atoms with Crippen LogP contribution in [0.4, 0.5) is 5.69 Å². The number of phenolic OH excluding ortho intramolecular Hbond substituents is 1. The van der Waals surface area contributed by atoms with Crippen LogP contribution in [0.5, 0.6) is 5.75 Å². The largest absolute Gasteiger partial charge is 0.508 e. The number of phenols is 1. The van der Waals surface area contributed by atoms with Gasteiger partial charge in [0.05, 0.1) is 5.71 Å². The summed E-state index contributed by atoms with van der Waals surface area (Å²) in [5.74, 6) is 0.234. The fourth-order valence-corrected chi connectivity index (χ4v) is 2.83.